The van der Waals surface area contributed by atoms with Gasteiger partial charge < -0.3 is 5.32 Å². The van der Waals surface area contributed by atoms with Crippen LogP contribution in [0.25, 0.3) is 10.8 Å². The van der Waals surface area contributed by atoms with Gasteiger partial charge in [0.2, 0.25) is 5.91 Å². The van der Waals surface area contributed by atoms with Crippen LogP contribution >= 0.6 is 0 Å². The lowest BCUT2D eigenvalue weighted by atomic mass is 10.1. The van der Waals surface area contributed by atoms with Gasteiger partial charge in [-0.05, 0) is 35.0 Å². The summed E-state index contributed by atoms with van der Waals surface area (Å²) in [5.74, 6) is -0.208. The third-order valence-electron chi connectivity index (χ3n) is 2.43. The zero-order chi connectivity index (χ0) is 13.3. The maximum absolute atomic E-state index is 11.0. The van der Waals surface area contributed by atoms with E-state index in [1.54, 1.807) is 24.3 Å². The fourth-order valence-electron chi connectivity index (χ4n) is 1.67. The normalized spacial score (nSPS) is 11.4. The molecule has 0 aliphatic carbocycles. The van der Waals surface area contributed by atoms with E-state index in [1.165, 1.54) is 19.1 Å². The highest BCUT2D eigenvalue weighted by Crippen LogP contribution is 2.22. The summed E-state index contributed by atoms with van der Waals surface area (Å²) >= 11 is 0. The molecule has 0 saturated heterocycles. The lowest BCUT2D eigenvalue weighted by Crippen LogP contribution is -2.05. The van der Waals surface area contributed by atoms with Gasteiger partial charge in [-0.2, -0.15) is 8.42 Å². The molecule has 2 rings (SSSR count). The molecular weight excluding hydrogens is 254 g/mol. The highest BCUT2D eigenvalue weighted by Gasteiger charge is 2.09. The molecule has 2 aromatic carbocycles. The summed E-state index contributed by atoms with van der Waals surface area (Å²) in [4.78, 5) is 10.8. The van der Waals surface area contributed by atoms with Crippen LogP contribution in [0.2, 0.25) is 0 Å². The molecule has 0 unspecified atom stereocenters. The predicted molar refractivity (Wildman–Crippen MR) is 68.1 cm³/mol. The molecule has 0 aliphatic heterocycles. The average Bonchev–Trinajstić information content (AvgIpc) is 2.26. The summed E-state index contributed by atoms with van der Waals surface area (Å²) in [5, 5.41) is 4.04. The van der Waals surface area contributed by atoms with E-state index in [0.717, 1.165) is 5.39 Å². The van der Waals surface area contributed by atoms with E-state index >= 15 is 0 Å². The number of hydrogen-bond donors (Lipinski definition) is 2. The topological polar surface area (TPSA) is 83.5 Å². The SMILES string of the molecule is CC(=O)Nc1ccc2ccc(S(=O)(=O)O)cc2c1. The zero-order valence-corrected chi connectivity index (χ0v) is 10.4. The third kappa shape index (κ3) is 2.66. The molecule has 0 aromatic heterocycles. The Balaban J connectivity index is 2.56. The first-order chi connectivity index (χ1) is 8.36. The van der Waals surface area contributed by atoms with Crippen molar-refractivity contribution in [2.45, 2.75) is 11.8 Å². The lowest BCUT2D eigenvalue weighted by molar-refractivity contribution is -0.114. The third-order valence-corrected chi connectivity index (χ3v) is 3.28. The Kier molecular flexibility index (Phi) is 3.06. The zero-order valence-electron chi connectivity index (χ0n) is 9.54. The van der Waals surface area contributed by atoms with Crippen LogP contribution in [-0.2, 0) is 14.9 Å². The molecule has 0 atom stereocenters. The van der Waals surface area contributed by atoms with Gasteiger partial charge in [-0.25, -0.2) is 0 Å². The van der Waals surface area contributed by atoms with Crippen LogP contribution in [-0.4, -0.2) is 18.9 Å². The summed E-state index contributed by atoms with van der Waals surface area (Å²) in [5.41, 5.74) is 0.572. The quantitative estimate of drug-likeness (QED) is 0.814. The first kappa shape index (κ1) is 12.5. The number of nitrogens with one attached hydrogen (secondary N) is 1. The van der Waals surface area contributed by atoms with Gasteiger partial charge in [0.25, 0.3) is 10.1 Å². The number of carbonyl (C=O) groups excluding carboxylic acids is 1. The standard InChI is InChI=1S/C12H11NO4S/c1-8(14)13-11-4-2-9-3-5-12(18(15,16)17)7-10(9)6-11/h2-7H,1H3,(H,13,14)(H,15,16,17). The Bertz CT molecular complexity index is 722. The van der Waals surface area contributed by atoms with Crippen molar-refractivity contribution in [1.82, 2.24) is 0 Å². The molecule has 0 spiro atoms. The molecule has 0 bridgehead atoms. The van der Waals surface area contributed by atoms with Gasteiger partial charge in [0.05, 0.1) is 4.90 Å². The number of rotatable bonds is 2. The second kappa shape index (κ2) is 4.40. The van der Waals surface area contributed by atoms with Crippen LogP contribution in [0, 0.1) is 0 Å². The Labute approximate surface area is 104 Å². The molecule has 6 heteroatoms. The highest BCUT2D eigenvalue weighted by molar-refractivity contribution is 7.85. The first-order valence-electron chi connectivity index (χ1n) is 5.15. The van der Waals surface area contributed by atoms with Crippen molar-refractivity contribution in [2.75, 3.05) is 5.32 Å². The predicted octanol–water partition coefficient (Wildman–Crippen LogP) is 2.04. The minimum Gasteiger partial charge on any atom is -0.326 e. The molecular formula is C12H11NO4S. The van der Waals surface area contributed by atoms with Crippen molar-refractivity contribution < 1.29 is 17.8 Å². The van der Waals surface area contributed by atoms with Crippen LogP contribution in [0.15, 0.2) is 41.3 Å². The molecule has 0 saturated carbocycles. The van der Waals surface area contributed by atoms with Gasteiger partial charge in [-0.3, -0.25) is 9.35 Å². The van der Waals surface area contributed by atoms with Gasteiger partial charge >= 0.3 is 0 Å². The van der Waals surface area contributed by atoms with Crippen molar-refractivity contribution in [3.63, 3.8) is 0 Å². The molecule has 94 valence electrons. The number of anilines is 1. The van der Waals surface area contributed by atoms with Crippen LogP contribution in [0.4, 0.5) is 5.69 Å². The monoisotopic (exact) mass is 265 g/mol. The summed E-state index contributed by atoms with van der Waals surface area (Å²) in [6.07, 6.45) is 0. The van der Waals surface area contributed by atoms with Crippen LogP contribution in [0.1, 0.15) is 6.92 Å². The van der Waals surface area contributed by atoms with Gasteiger partial charge in [-0.15, -0.1) is 0 Å². The molecule has 0 fully saturated rings. The summed E-state index contributed by atoms with van der Waals surface area (Å²) in [6.45, 7) is 1.39. The molecule has 5 nitrogen and oxygen atoms in total. The van der Waals surface area contributed by atoms with Gasteiger partial charge in [0.15, 0.2) is 0 Å². The maximum atomic E-state index is 11.0. The number of amides is 1. The van der Waals surface area contributed by atoms with Crippen LogP contribution < -0.4 is 5.32 Å². The Hall–Kier alpha value is -1.92. The fourth-order valence-corrected chi connectivity index (χ4v) is 2.18. The van der Waals surface area contributed by atoms with Crippen LogP contribution in [0.3, 0.4) is 0 Å². The Morgan fingerprint density at radius 3 is 2.39 bits per heavy atom. The van der Waals surface area contributed by atoms with Crippen molar-refractivity contribution in [1.29, 1.82) is 0 Å². The minimum absolute atomic E-state index is 0.171. The second-order valence-corrected chi connectivity index (χ2v) is 5.30. The molecule has 2 aromatic rings. The van der Waals surface area contributed by atoms with Gasteiger partial charge in [-0.1, -0.05) is 12.1 Å². The van der Waals surface area contributed by atoms with Gasteiger partial charge in [0, 0.05) is 12.6 Å². The first-order valence-corrected chi connectivity index (χ1v) is 6.59. The number of benzene rings is 2. The van der Waals surface area contributed by atoms with E-state index in [-0.39, 0.29) is 10.8 Å². The summed E-state index contributed by atoms with van der Waals surface area (Å²) in [6, 6.07) is 9.40. The van der Waals surface area contributed by atoms with E-state index < -0.39 is 10.1 Å². The minimum atomic E-state index is -4.22. The molecule has 18 heavy (non-hydrogen) atoms. The molecule has 0 radical (unpaired) electrons. The number of hydrogen-bond acceptors (Lipinski definition) is 3. The number of carbonyl (C=O) groups is 1. The average molecular weight is 265 g/mol. The van der Waals surface area contributed by atoms with E-state index in [4.69, 9.17) is 4.55 Å². The Morgan fingerprint density at radius 1 is 1.11 bits per heavy atom. The maximum Gasteiger partial charge on any atom is 0.294 e. The highest BCUT2D eigenvalue weighted by atomic mass is 32.2. The van der Waals surface area contributed by atoms with Crippen molar-refractivity contribution in [3.05, 3.63) is 36.4 Å². The second-order valence-electron chi connectivity index (χ2n) is 3.88. The lowest BCUT2D eigenvalue weighted by Gasteiger charge is -2.05. The fraction of sp³-hybridized carbons (Fsp3) is 0.0833. The largest absolute Gasteiger partial charge is 0.326 e. The van der Waals surface area contributed by atoms with Crippen LogP contribution in [0.5, 0.6) is 0 Å². The number of fused-ring (bicyclic) bond motifs is 1. The van der Waals surface area contributed by atoms with Crippen molar-refractivity contribution in [2.24, 2.45) is 0 Å². The van der Waals surface area contributed by atoms with Crippen molar-refractivity contribution in [3.8, 4) is 0 Å². The Morgan fingerprint density at radius 2 is 1.78 bits per heavy atom. The van der Waals surface area contributed by atoms with E-state index in [9.17, 15) is 13.2 Å². The molecule has 0 aliphatic rings. The summed E-state index contributed by atoms with van der Waals surface area (Å²) in [7, 11) is -4.22. The molecule has 1 amide bonds. The van der Waals surface area contributed by atoms with E-state index in [1.807, 2.05) is 0 Å². The molecule has 2 N–H and O–H groups in total. The van der Waals surface area contributed by atoms with E-state index in [2.05, 4.69) is 5.32 Å². The van der Waals surface area contributed by atoms with Crippen molar-refractivity contribution >= 4 is 32.5 Å². The smallest absolute Gasteiger partial charge is 0.294 e. The van der Waals surface area contributed by atoms with E-state index in [0.29, 0.717) is 11.1 Å². The molecule has 0 heterocycles. The van der Waals surface area contributed by atoms with Gasteiger partial charge in [0.1, 0.15) is 0 Å². The summed E-state index contributed by atoms with van der Waals surface area (Å²) < 4.78 is 31.0.